The molecule has 1 aliphatic heterocycles. The lowest BCUT2D eigenvalue weighted by Gasteiger charge is -2.32. The predicted octanol–water partition coefficient (Wildman–Crippen LogP) is 6.74. The molecule has 0 radical (unpaired) electrons. The number of hydrogen-bond donors (Lipinski definition) is 2. The largest absolute Gasteiger partial charge is 0.481 e. The summed E-state index contributed by atoms with van der Waals surface area (Å²) in [6.45, 7) is 4.20. The van der Waals surface area contributed by atoms with Crippen LogP contribution in [-0.2, 0) is 34.2 Å². The lowest BCUT2D eigenvalue weighted by molar-refractivity contribution is -0.146. The number of aromatic nitrogens is 2. The van der Waals surface area contributed by atoms with Gasteiger partial charge in [-0.05, 0) is 56.9 Å². The Balaban J connectivity index is 1.25. The summed E-state index contributed by atoms with van der Waals surface area (Å²) in [6, 6.07) is 10.8. The van der Waals surface area contributed by atoms with Gasteiger partial charge in [0.25, 0.3) is 5.91 Å². The Hall–Kier alpha value is -3.44. The molecule has 1 atom stereocenters. The Kier molecular flexibility index (Phi) is 9.12. The number of para-hydroxylation sites is 1. The van der Waals surface area contributed by atoms with Gasteiger partial charge in [0.05, 0.1) is 22.7 Å². The van der Waals surface area contributed by atoms with Gasteiger partial charge in [-0.15, -0.1) is 11.3 Å². The zero-order valence-corrected chi connectivity index (χ0v) is 26.4. The number of hydrogen-bond acceptors (Lipinski definition) is 7. The first kappa shape index (κ1) is 31.0. The Morgan fingerprint density at radius 3 is 2.72 bits per heavy atom. The molecule has 5 rings (SSSR count). The highest BCUT2D eigenvalue weighted by Crippen LogP contribution is 2.35. The van der Waals surface area contributed by atoms with Gasteiger partial charge in [0.2, 0.25) is 0 Å². The average molecular weight is 644 g/mol. The molecule has 0 saturated carbocycles. The van der Waals surface area contributed by atoms with Crippen LogP contribution in [-0.4, -0.2) is 50.7 Å². The molecule has 2 N–H and O–H groups in total. The maximum atomic E-state index is 13.5. The molecule has 1 amide bonds. The first-order chi connectivity index (χ1) is 20.4. The Morgan fingerprint density at radius 1 is 1.19 bits per heavy atom. The Bertz CT molecular complexity index is 1700. The number of aryl methyl sites for hydroxylation is 2. The molecular weight excluding hydrogens is 611 g/mol. The summed E-state index contributed by atoms with van der Waals surface area (Å²) in [5, 5.41) is 14.0. The average Bonchev–Trinajstić information content (AvgIpc) is 3.69. The third-order valence-corrected chi connectivity index (χ3v) is 9.31. The molecule has 0 unspecified atom stereocenters. The van der Waals surface area contributed by atoms with E-state index in [-0.39, 0.29) is 35.8 Å². The van der Waals surface area contributed by atoms with E-state index in [2.05, 4.69) is 10.3 Å². The zero-order chi connectivity index (χ0) is 30.9. The van der Waals surface area contributed by atoms with E-state index in [1.54, 1.807) is 38.4 Å². The summed E-state index contributed by atoms with van der Waals surface area (Å²) < 4.78 is 8.24. The number of halogens is 2. The van der Waals surface area contributed by atoms with Gasteiger partial charge < -0.3 is 24.6 Å². The van der Waals surface area contributed by atoms with Crippen LogP contribution < -0.4 is 10.2 Å². The minimum atomic E-state index is -1.13. The van der Waals surface area contributed by atoms with Crippen molar-refractivity contribution in [3.63, 3.8) is 0 Å². The minimum Gasteiger partial charge on any atom is -0.481 e. The molecule has 3 heterocycles. The highest BCUT2D eigenvalue weighted by molar-refractivity contribution is 7.15. The number of ether oxygens (including phenoxy) is 1. The maximum absolute atomic E-state index is 13.5. The van der Waals surface area contributed by atoms with Crippen LogP contribution in [0, 0.1) is 0 Å². The second-order valence-electron chi connectivity index (χ2n) is 11.1. The third-order valence-electron chi connectivity index (χ3n) is 7.55. The van der Waals surface area contributed by atoms with Crippen molar-refractivity contribution in [2.24, 2.45) is 7.05 Å². The van der Waals surface area contributed by atoms with Crippen molar-refractivity contribution in [2.45, 2.75) is 57.8 Å². The fourth-order valence-electron chi connectivity index (χ4n) is 5.18. The van der Waals surface area contributed by atoms with Crippen molar-refractivity contribution in [1.82, 2.24) is 9.55 Å². The number of fused-ring (bicyclic) bond motifs is 1. The molecule has 0 spiro atoms. The number of carbonyl (C=O) groups excluding carboxylic acids is 2. The van der Waals surface area contributed by atoms with Crippen LogP contribution in [0.4, 0.5) is 10.8 Å². The number of nitrogens with one attached hydrogen (secondary N) is 1. The minimum absolute atomic E-state index is 0.00753. The van der Waals surface area contributed by atoms with Gasteiger partial charge in [0, 0.05) is 53.2 Å². The zero-order valence-electron chi connectivity index (χ0n) is 24.0. The van der Waals surface area contributed by atoms with E-state index in [1.807, 2.05) is 40.8 Å². The van der Waals surface area contributed by atoms with Crippen molar-refractivity contribution in [3.05, 3.63) is 74.8 Å². The fraction of sp³-hybridized carbons (Fsp3) is 0.355. The van der Waals surface area contributed by atoms with Crippen LogP contribution in [0.1, 0.15) is 53.9 Å². The van der Waals surface area contributed by atoms with Crippen molar-refractivity contribution in [3.8, 4) is 0 Å². The van der Waals surface area contributed by atoms with Crippen molar-refractivity contribution < 1.29 is 24.2 Å². The van der Waals surface area contributed by atoms with E-state index >= 15 is 0 Å². The first-order valence-corrected chi connectivity index (χ1v) is 15.5. The fourth-order valence-corrected chi connectivity index (χ4v) is 6.62. The number of nitrogens with zero attached hydrogens (tertiary/aromatic N) is 3. The van der Waals surface area contributed by atoms with Gasteiger partial charge in [0.1, 0.15) is 11.8 Å². The highest BCUT2D eigenvalue weighted by atomic mass is 35.5. The summed E-state index contributed by atoms with van der Waals surface area (Å²) in [4.78, 5) is 44.9. The Labute approximate surface area is 263 Å². The summed E-state index contributed by atoms with van der Waals surface area (Å²) in [5.41, 5.74) is 1.20. The topological polar surface area (TPSA) is 114 Å². The third kappa shape index (κ3) is 6.88. The van der Waals surface area contributed by atoms with E-state index in [0.717, 1.165) is 40.3 Å². The van der Waals surface area contributed by atoms with Gasteiger partial charge in [-0.3, -0.25) is 14.4 Å². The number of ketones is 1. The van der Waals surface area contributed by atoms with E-state index in [0.29, 0.717) is 28.3 Å². The summed E-state index contributed by atoms with van der Waals surface area (Å²) >= 11 is 14.6. The lowest BCUT2D eigenvalue weighted by atomic mass is 9.96. The molecule has 1 saturated heterocycles. The predicted molar refractivity (Wildman–Crippen MR) is 170 cm³/mol. The first-order valence-electron chi connectivity index (χ1n) is 13.9. The molecule has 9 nitrogen and oxygen atoms in total. The van der Waals surface area contributed by atoms with Gasteiger partial charge >= 0.3 is 5.97 Å². The number of carboxylic acids is 1. The van der Waals surface area contributed by atoms with Gasteiger partial charge in [-0.1, -0.05) is 41.4 Å². The molecule has 226 valence electrons. The van der Waals surface area contributed by atoms with E-state index in [1.165, 1.54) is 11.3 Å². The maximum Gasteiger partial charge on any atom is 0.303 e. The summed E-state index contributed by atoms with van der Waals surface area (Å²) in [7, 11) is 1.88. The van der Waals surface area contributed by atoms with Crippen molar-refractivity contribution >= 4 is 73.9 Å². The monoisotopic (exact) mass is 642 g/mol. The van der Waals surface area contributed by atoms with Crippen LogP contribution in [0.3, 0.4) is 0 Å². The number of carbonyl (C=O) groups is 3. The number of benzene rings is 2. The van der Waals surface area contributed by atoms with E-state index in [4.69, 9.17) is 33.0 Å². The number of amides is 1. The number of thiazole rings is 1. The van der Waals surface area contributed by atoms with Crippen LogP contribution >= 0.6 is 34.5 Å². The molecule has 0 bridgehead atoms. The number of aliphatic carboxylic acids is 1. The van der Waals surface area contributed by atoms with Crippen LogP contribution in [0.15, 0.2) is 48.8 Å². The molecule has 2 aromatic heterocycles. The van der Waals surface area contributed by atoms with Crippen molar-refractivity contribution in [2.75, 3.05) is 16.8 Å². The van der Waals surface area contributed by atoms with Crippen LogP contribution in [0.25, 0.3) is 10.9 Å². The van der Waals surface area contributed by atoms with Gasteiger partial charge in [-0.2, -0.15) is 0 Å². The SMILES string of the molecule is Cn1cc(C(=O)Nc2cc(Cl)c(CC(=O)C(C)(C)O[C@H]3CCCN3c3ncc(CCC(=O)O)s3)cc2Cl)c2ccccc21. The quantitative estimate of drug-likeness (QED) is 0.186. The summed E-state index contributed by atoms with van der Waals surface area (Å²) in [5.74, 6) is -1.34. The second-order valence-corrected chi connectivity index (χ2v) is 13.0. The second kappa shape index (κ2) is 12.7. The van der Waals surface area contributed by atoms with E-state index < -0.39 is 11.6 Å². The van der Waals surface area contributed by atoms with Crippen LogP contribution in [0.5, 0.6) is 0 Å². The molecule has 2 aromatic carbocycles. The van der Waals surface area contributed by atoms with Gasteiger partial charge in [0.15, 0.2) is 10.9 Å². The number of Topliss-reactive ketones (excluding diaryl/α,β-unsaturated/α-hetero) is 1. The molecule has 1 fully saturated rings. The lowest BCUT2D eigenvalue weighted by Crippen LogP contribution is -2.44. The standard InChI is InChI=1S/C31H32Cl2N4O5S/c1-31(2,42-27-9-6-12-37(27)30-34-16-19(43-30)10-11-28(39)40)26(38)14-18-13-23(33)24(15-22(18)32)35-29(41)21-17-36(3)25-8-5-4-7-20(21)25/h4-5,7-8,13,15-17,27H,6,9-12,14H2,1-3H3,(H,35,41)(H,39,40)/t27-/m0/s1. The van der Waals surface area contributed by atoms with Crippen molar-refractivity contribution in [1.29, 1.82) is 0 Å². The van der Waals surface area contributed by atoms with Gasteiger partial charge in [-0.25, -0.2) is 4.98 Å². The summed E-state index contributed by atoms with van der Waals surface area (Å²) in [6.07, 6.45) is 5.20. The molecule has 0 aliphatic carbocycles. The number of carboxylic acid groups (broad SMARTS) is 1. The molecule has 43 heavy (non-hydrogen) atoms. The molecular formula is C31H32Cl2N4O5S. The highest BCUT2D eigenvalue weighted by Gasteiger charge is 2.37. The Morgan fingerprint density at radius 2 is 1.95 bits per heavy atom. The molecule has 4 aromatic rings. The normalized spacial score (nSPS) is 15.3. The molecule has 12 heteroatoms. The smallest absolute Gasteiger partial charge is 0.303 e. The number of rotatable bonds is 11. The number of anilines is 2. The van der Waals surface area contributed by atoms with E-state index in [9.17, 15) is 14.4 Å². The van der Waals surface area contributed by atoms with Crippen LogP contribution in [0.2, 0.25) is 10.0 Å². The molecule has 1 aliphatic rings.